The summed E-state index contributed by atoms with van der Waals surface area (Å²) in [5.74, 6) is 0.232. The molecule has 120 valence electrons. The molecule has 0 bridgehead atoms. The summed E-state index contributed by atoms with van der Waals surface area (Å²) in [5, 5.41) is 0. The maximum Gasteiger partial charge on any atom is 0.240 e. The van der Waals surface area contributed by atoms with Gasteiger partial charge in [0, 0.05) is 44.5 Å². The van der Waals surface area contributed by atoms with Crippen LogP contribution >= 0.6 is 0 Å². The van der Waals surface area contributed by atoms with Crippen molar-refractivity contribution in [2.24, 2.45) is 7.05 Å². The van der Waals surface area contributed by atoms with E-state index >= 15 is 0 Å². The van der Waals surface area contributed by atoms with E-state index in [0.717, 1.165) is 44.6 Å². The van der Waals surface area contributed by atoms with Gasteiger partial charge < -0.3 is 9.47 Å². The number of imidazole rings is 1. The minimum Gasteiger partial charge on any atom is -0.337 e. The SMILES string of the molecule is CCN(C(=O)CN1CCc2c(ncn2C)C1)C1=CCCCC1. The van der Waals surface area contributed by atoms with Crippen LogP contribution in [0.4, 0.5) is 0 Å². The number of amides is 1. The first-order valence-electron chi connectivity index (χ1n) is 8.40. The van der Waals surface area contributed by atoms with Crippen LogP contribution in [0.1, 0.15) is 44.0 Å². The Balaban J connectivity index is 1.63. The Morgan fingerprint density at radius 2 is 2.23 bits per heavy atom. The highest BCUT2D eigenvalue weighted by molar-refractivity contribution is 5.80. The summed E-state index contributed by atoms with van der Waals surface area (Å²) < 4.78 is 2.10. The van der Waals surface area contributed by atoms with Gasteiger partial charge in [-0.25, -0.2) is 4.98 Å². The van der Waals surface area contributed by atoms with Crippen LogP contribution in [0.2, 0.25) is 0 Å². The summed E-state index contributed by atoms with van der Waals surface area (Å²) in [6, 6.07) is 0. The van der Waals surface area contributed by atoms with Gasteiger partial charge in [0.2, 0.25) is 5.91 Å². The van der Waals surface area contributed by atoms with Crippen molar-refractivity contribution in [3.8, 4) is 0 Å². The number of fused-ring (bicyclic) bond motifs is 1. The highest BCUT2D eigenvalue weighted by Crippen LogP contribution is 2.22. The van der Waals surface area contributed by atoms with Crippen molar-refractivity contribution >= 4 is 5.91 Å². The quantitative estimate of drug-likeness (QED) is 0.855. The number of carbonyl (C=O) groups is 1. The van der Waals surface area contributed by atoms with E-state index in [0.29, 0.717) is 6.54 Å². The van der Waals surface area contributed by atoms with Crippen molar-refractivity contribution in [2.75, 3.05) is 19.6 Å². The summed E-state index contributed by atoms with van der Waals surface area (Å²) in [6.07, 6.45) is 9.72. The van der Waals surface area contributed by atoms with Crippen LogP contribution in [0.5, 0.6) is 0 Å². The summed E-state index contributed by atoms with van der Waals surface area (Å²) in [4.78, 5) is 21.3. The summed E-state index contributed by atoms with van der Waals surface area (Å²) in [7, 11) is 2.04. The van der Waals surface area contributed by atoms with Crippen molar-refractivity contribution in [3.05, 3.63) is 29.5 Å². The number of allylic oxidation sites excluding steroid dienone is 2. The molecule has 0 radical (unpaired) electrons. The molecule has 5 heteroatoms. The molecule has 0 fully saturated rings. The number of likely N-dealkylation sites (N-methyl/N-ethyl adjacent to an activating group) is 1. The first-order chi connectivity index (χ1) is 10.7. The lowest BCUT2D eigenvalue weighted by atomic mass is 10.0. The van der Waals surface area contributed by atoms with Gasteiger partial charge in [0.1, 0.15) is 0 Å². The zero-order valence-electron chi connectivity index (χ0n) is 13.7. The molecule has 1 aromatic heterocycles. The Bertz CT molecular complexity index is 575. The van der Waals surface area contributed by atoms with Crippen LogP contribution in [0.3, 0.4) is 0 Å². The van der Waals surface area contributed by atoms with Crippen LogP contribution in [0.15, 0.2) is 18.1 Å². The minimum atomic E-state index is 0.232. The standard InChI is InChI=1S/C17H26N4O/c1-3-21(14-7-5-4-6-8-14)17(22)12-20-10-9-16-15(11-20)18-13-19(16)2/h7,13H,3-6,8-12H2,1-2H3. The normalized spacial score (nSPS) is 18.7. The average molecular weight is 302 g/mol. The molecule has 1 amide bonds. The molecule has 22 heavy (non-hydrogen) atoms. The van der Waals surface area contributed by atoms with E-state index in [9.17, 15) is 4.79 Å². The van der Waals surface area contributed by atoms with Gasteiger partial charge in [0.25, 0.3) is 0 Å². The molecule has 2 aliphatic rings. The molecule has 3 rings (SSSR count). The summed E-state index contributed by atoms with van der Waals surface area (Å²) in [6.45, 7) is 5.07. The number of hydrogen-bond donors (Lipinski definition) is 0. The molecular weight excluding hydrogens is 276 g/mol. The van der Waals surface area contributed by atoms with Gasteiger partial charge in [-0.3, -0.25) is 9.69 Å². The highest BCUT2D eigenvalue weighted by Gasteiger charge is 2.24. The topological polar surface area (TPSA) is 41.4 Å². The third kappa shape index (κ3) is 3.09. The molecule has 0 spiro atoms. The fraction of sp³-hybridized carbons (Fsp3) is 0.647. The lowest BCUT2D eigenvalue weighted by Gasteiger charge is -2.31. The van der Waals surface area contributed by atoms with Crippen LogP contribution < -0.4 is 0 Å². The largest absolute Gasteiger partial charge is 0.337 e. The molecular formula is C17H26N4O. The van der Waals surface area contributed by atoms with E-state index in [-0.39, 0.29) is 5.91 Å². The Morgan fingerprint density at radius 3 is 2.95 bits per heavy atom. The fourth-order valence-corrected chi connectivity index (χ4v) is 3.53. The zero-order chi connectivity index (χ0) is 15.5. The van der Waals surface area contributed by atoms with Crippen LogP contribution in [0.25, 0.3) is 0 Å². The maximum atomic E-state index is 12.7. The Morgan fingerprint density at radius 1 is 1.36 bits per heavy atom. The van der Waals surface area contributed by atoms with Gasteiger partial charge >= 0.3 is 0 Å². The Labute approximate surface area is 132 Å². The van der Waals surface area contributed by atoms with Crippen molar-refractivity contribution < 1.29 is 4.79 Å². The number of rotatable bonds is 4. The van der Waals surface area contributed by atoms with Gasteiger partial charge in [-0.1, -0.05) is 6.08 Å². The second-order valence-electron chi connectivity index (χ2n) is 6.29. The number of aromatic nitrogens is 2. The molecule has 1 aliphatic heterocycles. The van der Waals surface area contributed by atoms with Crippen LogP contribution in [-0.4, -0.2) is 44.9 Å². The maximum absolute atomic E-state index is 12.7. The zero-order valence-corrected chi connectivity index (χ0v) is 13.7. The van der Waals surface area contributed by atoms with E-state index in [1.807, 2.05) is 18.3 Å². The van der Waals surface area contributed by atoms with E-state index in [1.165, 1.54) is 24.2 Å². The van der Waals surface area contributed by atoms with Gasteiger partial charge in [-0.2, -0.15) is 0 Å². The highest BCUT2D eigenvalue weighted by atomic mass is 16.2. The van der Waals surface area contributed by atoms with Crippen molar-refractivity contribution in [1.82, 2.24) is 19.4 Å². The minimum absolute atomic E-state index is 0.232. The monoisotopic (exact) mass is 302 g/mol. The molecule has 1 aromatic rings. The smallest absolute Gasteiger partial charge is 0.240 e. The van der Waals surface area contributed by atoms with Gasteiger partial charge in [-0.05, 0) is 32.6 Å². The van der Waals surface area contributed by atoms with Crippen molar-refractivity contribution in [3.63, 3.8) is 0 Å². The van der Waals surface area contributed by atoms with Crippen LogP contribution in [-0.2, 0) is 24.8 Å². The molecule has 2 heterocycles. The number of hydrogen-bond acceptors (Lipinski definition) is 3. The van der Waals surface area contributed by atoms with Crippen molar-refractivity contribution in [1.29, 1.82) is 0 Å². The predicted octanol–water partition coefficient (Wildman–Crippen LogP) is 2.08. The van der Waals surface area contributed by atoms with Gasteiger partial charge in [0.15, 0.2) is 0 Å². The molecule has 0 atom stereocenters. The molecule has 5 nitrogen and oxygen atoms in total. The predicted molar refractivity (Wildman–Crippen MR) is 86.1 cm³/mol. The van der Waals surface area contributed by atoms with E-state index in [1.54, 1.807) is 0 Å². The Kier molecular flexibility index (Phi) is 4.62. The van der Waals surface area contributed by atoms with Gasteiger partial charge in [-0.15, -0.1) is 0 Å². The first-order valence-corrected chi connectivity index (χ1v) is 8.40. The van der Waals surface area contributed by atoms with E-state index in [2.05, 4.69) is 27.5 Å². The third-order valence-electron chi connectivity index (χ3n) is 4.77. The lowest BCUT2D eigenvalue weighted by Crippen LogP contribution is -2.42. The van der Waals surface area contributed by atoms with E-state index in [4.69, 9.17) is 0 Å². The number of nitrogens with zero attached hydrogens (tertiary/aromatic N) is 4. The average Bonchev–Trinajstić information content (AvgIpc) is 2.90. The second kappa shape index (κ2) is 6.65. The van der Waals surface area contributed by atoms with Crippen molar-refractivity contribution in [2.45, 2.75) is 45.6 Å². The second-order valence-corrected chi connectivity index (χ2v) is 6.29. The summed E-state index contributed by atoms with van der Waals surface area (Å²) >= 11 is 0. The molecule has 0 saturated carbocycles. The lowest BCUT2D eigenvalue weighted by molar-refractivity contribution is -0.130. The van der Waals surface area contributed by atoms with Crippen LogP contribution in [0, 0.1) is 0 Å². The molecule has 0 saturated heterocycles. The molecule has 0 unspecified atom stereocenters. The molecule has 0 aromatic carbocycles. The third-order valence-corrected chi connectivity index (χ3v) is 4.77. The molecule has 0 N–H and O–H groups in total. The molecule has 1 aliphatic carbocycles. The van der Waals surface area contributed by atoms with E-state index < -0.39 is 0 Å². The first kappa shape index (κ1) is 15.3. The number of carbonyl (C=O) groups excluding carboxylic acids is 1. The Hall–Kier alpha value is -1.62. The van der Waals surface area contributed by atoms with Gasteiger partial charge in [0.05, 0.1) is 18.6 Å². The summed E-state index contributed by atoms with van der Waals surface area (Å²) in [5.41, 5.74) is 3.67. The number of aryl methyl sites for hydroxylation is 1. The fourth-order valence-electron chi connectivity index (χ4n) is 3.53.